The van der Waals surface area contributed by atoms with Gasteiger partial charge in [0.2, 0.25) is 5.75 Å². The number of aromatic nitrogens is 2. The largest absolute Gasteiger partial charge is 0.490 e. The highest BCUT2D eigenvalue weighted by molar-refractivity contribution is 9.10. The summed E-state index contributed by atoms with van der Waals surface area (Å²) >= 11 is 9.58. The predicted octanol–water partition coefficient (Wildman–Crippen LogP) is 4.47. The van der Waals surface area contributed by atoms with Gasteiger partial charge in [-0.1, -0.05) is 34.5 Å². The van der Waals surface area contributed by atoms with E-state index in [9.17, 15) is 0 Å². The van der Waals surface area contributed by atoms with Crippen LogP contribution in [0.3, 0.4) is 0 Å². The quantitative estimate of drug-likeness (QED) is 0.784. The molecule has 0 saturated carbocycles. The fourth-order valence-electron chi connectivity index (χ4n) is 1.74. The Morgan fingerprint density at radius 1 is 1.29 bits per heavy atom. The van der Waals surface area contributed by atoms with Gasteiger partial charge >= 0.3 is 0 Å². The van der Waals surface area contributed by atoms with Gasteiger partial charge in [0.15, 0.2) is 11.6 Å². The molecule has 1 heterocycles. The van der Waals surface area contributed by atoms with Crippen LogP contribution in [0.5, 0.6) is 5.75 Å². The second-order valence-electron chi connectivity index (χ2n) is 4.28. The van der Waals surface area contributed by atoms with Crippen LogP contribution in [0.4, 0.5) is 17.3 Å². The number of benzene rings is 1. The van der Waals surface area contributed by atoms with E-state index in [-0.39, 0.29) is 0 Å². The van der Waals surface area contributed by atoms with E-state index < -0.39 is 0 Å². The van der Waals surface area contributed by atoms with Crippen molar-refractivity contribution in [2.45, 2.75) is 13.3 Å². The van der Waals surface area contributed by atoms with Crippen molar-refractivity contribution in [1.82, 2.24) is 9.97 Å². The number of rotatable bonds is 6. The average molecular weight is 372 g/mol. The lowest BCUT2D eigenvalue weighted by molar-refractivity contribution is 0.415. The smallest absolute Gasteiger partial charge is 0.204 e. The highest BCUT2D eigenvalue weighted by Crippen LogP contribution is 2.34. The number of methoxy groups -OCH3 is 1. The van der Waals surface area contributed by atoms with Gasteiger partial charge in [-0.2, -0.15) is 0 Å². The van der Waals surface area contributed by atoms with Crippen molar-refractivity contribution < 1.29 is 4.74 Å². The Kier molecular flexibility index (Phi) is 5.64. The minimum absolute atomic E-state index is 0.560. The molecule has 2 rings (SSSR count). The lowest BCUT2D eigenvalue weighted by Crippen LogP contribution is -2.07. The summed E-state index contributed by atoms with van der Waals surface area (Å²) in [6.45, 7) is 2.90. The summed E-state index contributed by atoms with van der Waals surface area (Å²) in [6.07, 6.45) is 2.48. The summed E-state index contributed by atoms with van der Waals surface area (Å²) < 4.78 is 6.32. The van der Waals surface area contributed by atoms with E-state index in [0.717, 1.165) is 23.1 Å². The number of ether oxygens (including phenoxy) is 1. The van der Waals surface area contributed by atoms with Crippen LogP contribution in [0.1, 0.15) is 13.3 Å². The van der Waals surface area contributed by atoms with E-state index in [4.69, 9.17) is 16.3 Å². The molecule has 2 N–H and O–H groups in total. The van der Waals surface area contributed by atoms with Gasteiger partial charge in [-0.05, 0) is 24.6 Å². The van der Waals surface area contributed by atoms with Crippen LogP contribution in [0.15, 0.2) is 29.0 Å². The summed E-state index contributed by atoms with van der Waals surface area (Å²) in [5.74, 6) is 1.78. The molecule has 112 valence electrons. The zero-order chi connectivity index (χ0) is 15.2. The van der Waals surface area contributed by atoms with E-state index in [0.29, 0.717) is 22.4 Å². The van der Waals surface area contributed by atoms with Crippen LogP contribution in [-0.2, 0) is 0 Å². The zero-order valence-corrected chi connectivity index (χ0v) is 14.1. The maximum Gasteiger partial charge on any atom is 0.204 e. The van der Waals surface area contributed by atoms with Crippen molar-refractivity contribution in [3.63, 3.8) is 0 Å². The van der Waals surface area contributed by atoms with E-state index in [1.807, 2.05) is 18.2 Å². The molecule has 1 aromatic heterocycles. The summed E-state index contributed by atoms with van der Waals surface area (Å²) in [5.41, 5.74) is 0.748. The second kappa shape index (κ2) is 7.47. The van der Waals surface area contributed by atoms with Crippen molar-refractivity contribution in [3.8, 4) is 5.75 Å². The number of hydrogen-bond acceptors (Lipinski definition) is 5. The standard InChI is InChI=1S/C14H16BrClN4O/c1-3-6-17-13-12(21-2)14(19-8-18-13)20-11-5-4-9(15)7-10(11)16/h4-5,7-8H,3,6H2,1-2H3,(H2,17,18,19,20). The second-order valence-corrected chi connectivity index (χ2v) is 5.60. The first-order chi connectivity index (χ1) is 10.2. The highest BCUT2D eigenvalue weighted by Gasteiger charge is 2.13. The summed E-state index contributed by atoms with van der Waals surface area (Å²) in [7, 11) is 1.59. The van der Waals surface area contributed by atoms with E-state index in [1.54, 1.807) is 7.11 Å². The fraction of sp³-hybridized carbons (Fsp3) is 0.286. The van der Waals surface area contributed by atoms with Gasteiger partial charge in [-0.3, -0.25) is 0 Å². The SMILES string of the molecule is CCCNc1ncnc(Nc2ccc(Br)cc2Cl)c1OC. The van der Waals surface area contributed by atoms with Crippen molar-refractivity contribution in [2.24, 2.45) is 0 Å². The Balaban J connectivity index is 2.30. The molecule has 0 bridgehead atoms. The van der Waals surface area contributed by atoms with E-state index >= 15 is 0 Å². The maximum atomic E-state index is 6.21. The lowest BCUT2D eigenvalue weighted by atomic mass is 10.3. The molecular formula is C14H16BrClN4O. The summed E-state index contributed by atoms with van der Waals surface area (Å²) in [4.78, 5) is 8.42. The van der Waals surface area contributed by atoms with Crippen molar-refractivity contribution in [2.75, 3.05) is 24.3 Å². The summed E-state index contributed by atoms with van der Waals surface area (Å²) in [5, 5.41) is 6.96. The highest BCUT2D eigenvalue weighted by atomic mass is 79.9. The minimum atomic E-state index is 0.560. The zero-order valence-electron chi connectivity index (χ0n) is 11.8. The molecule has 0 aliphatic heterocycles. The van der Waals surface area contributed by atoms with Crippen LogP contribution in [0.25, 0.3) is 0 Å². The molecule has 0 atom stereocenters. The third-order valence-electron chi connectivity index (χ3n) is 2.73. The van der Waals surface area contributed by atoms with Crippen molar-refractivity contribution >= 4 is 44.9 Å². The van der Waals surface area contributed by atoms with Gasteiger partial charge in [0.1, 0.15) is 6.33 Å². The molecule has 0 spiro atoms. The van der Waals surface area contributed by atoms with Crippen LogP contribution in [0, 0.1) is 0 Å². The third kappa shape index (κ3) is 3.98. The monoisotopic (exact) mass is 370 g/mol. The van der Waals surface area contributed by atoms with Gasteiger partial charge in [-0.25, -0.2) is 9.97 Å². The molecule has 5 nitrogen and oxygen atoms in total. The molecule has 7 heteroatoms. The third-order valence-corrected chi connectivity index (χ3v) is 3.54. The van der Waals surface area contributed by atoms with Gasteiger partial charge in [0.05, 0.1) is 17.8 Å². The van der Waals surface area contributed by atoms with Gasteiger partial charge in [-0.15, -0.1) is 0 Å². The van der Waals surface area contributed by atoms with Gasteiger partial charge in [0, 0.05) is 11.0 Å². The van der Waals surface area contributed by atoms with Crippen LogP contribution in [0.2, 0.25) is 5.02 Å². The first-order valence-electron chi connectivity index (χ1n) is 6.50. The Hall–Kier alpha value is -1.53. The van der Waals surface area contributed by atoms with E-state index in [1.165, 1.54) is 6.33 Å². The number of halogens is 2. The van der Waals surface area contributed by atoms with Crippen LogP contribution < -0.4 is 15.4 Å². The molecule has 2 aromatic rings. The first kappa shape index (κ1) is 15.9. The predicted molar refractivity (Wildman–Crippen MR) is 89.8 cm³/mol. The first-order valence-corrected chi connectivity index (χ1v) is 7.67. The molecular weight excluding hydrogens is 356 g/mol. The number of nitrogens with zero attached hydrogens (tertiary/aromatic N) is 2. The lowest BCUT2D eigenvalue weighted by Gasteiger charge is -2.14. The topological polar surface area (TPSA) is 59.1 Å². The number of anilines is 3. The Bertz CT molecular complexity index is 624. The van der Waals surface area contributed by atoms with Crippen molar-refractivity contribution in [1.29, 1.82) is 0 Å². The number of nitrogens with one attached hydrogen (secondary N) is 2. The molecule has 0 saturated heterocycles. The minimum Gasteiger partial charge on any atom is -0.490 e. The Morgan fingerprint density at radius 2 is 2.05 bits per heavy atom. The Morgan fingerprint density at radius 3 is 2.71 bits per heavy atom. The normalized spacial score (nSPS) is 10.3. The molecule has 0 unspecified atom stereocenters. The fourth-order valence-corrected chi connectivity index (χ4v) is 2.46. The molecule has 21 heavy (non-hydrogen) atoms. The van der Waals surface area contributed by atoms with Crippen molar-refractivity contribution in [3.05, 3.63) is 34.0 Å². The molecule has 0 fully saturated rings. The molecule has 0 amide bonds. The summed E-state index contributed by atoms with van der Waals surface area (Å²) in [6, 6.07) is 5.58. The van der Waals surface area contributed by atoms with Crippen LogP contribution >= 0.6 is 27.5 Å². The number of hydrogen-bond donors (Lipinski definition) is 2. The van der Waals surface area contributed by atoms with E-state index in [2.05, 4.69) is 43.5 Å². The van der Waals surface area contributed by atoms with Gasteiger partial charge in [0.25, 0.3) is 0 Å². The molecule has 0 aliphatic carbocycles. The van der Waals surface area contributed by atoms with Gasteiger partial charge < -0.3 is 15.4 Å². The maximum absolute atomic E-state index is 6.21. The Labute approximate surface area is 137 Å². The molecule has 0 radical (unpaired) electrons. The average Bonchev–Trinajstić information content (AvgIpc) is 2.48. The molecule has 1 aromatic carbocycles. The van der Waals surface area contributed by atoms with Crippen LogP contribution in [-0.4, -0.2) is 23.6 Å². The molecule has 0 aliphatic rings.